The molecule has 0 aromatic heterocycles. The van der Waals surface area contributed by atoms with Crippen LogP contribution >= 0.6 is 11.6 Å². The molecule has 5 rings (SSSR count). The van der Waals surface area contributed by atoms with Gasteiger partial charge in [0, 0.05) is 49.4 Å². The van der Waals surface area contributed by atoms with Gasteiger partial charge < -0.3 is 19.7 Å². The quantitative estimate of drug-likeness (QED) is 0.807. The third-order valence-electron chi connectivity index (χ3n) is 6.29. The Hall–Kier alpha value is -2.62. The van der Waals surface area contributed by atoms with Crippen LogP contribution in [0.4, 0.5) is 11.4 Å². The van der Waals surface area contributed by atoms with Crippen molar-refractivity contribution < 1.29 is 9.47 Å². The number of ether oxygens (including phenoxy) is 2. The van der Waals surface area contributed by atoms with Crippen molar-refractivity contribution >= 4 is 23.0 Å². The minimum atomic E-state index is 0.490. The molecular formula is C23H25ClN4O2. The number of piperazine rings is 1. The zero-order chi connectivity index (χ0) is 20.5. The van der Waals surface area contributed by atoms with Gasteiger partial charge >= 0.3 is 0 Å². The van der Waals surface area contributed by atoms with E-state index in [0.29, 0.717) is 30.4 Å². The van der Waals surface area contributed by atoms with Crippen LogP contribution in [-0.4, -0.2) is 57.4 Å². The molecule has 156 valence electrons. The van der Waals surface area contributed by atoms with Crippen LogP contribution in [0.25, 0.3) is 0 Å². The normalized spacial score (nSPS) is 20.4. The first-order valence-electron chi connectivity index (χ1n) is 10.6. The van der Waals surface area contributed by atoms with Crippen molar-refractivity contribution in [2.24, 2.45) is 0 Å². The van der Waals surface area contributed by atoms with E-state index < -0.39 is 0 Å². The van der Waals surface area contributed by atoms with Gasteiger partial charge in [-0.25, -0.2) is 0 Å². The first-order chi connectivity index (χ1) is 14.7. The summed E-state index contributed by atoms with van der Waals surface area (Å²) >= 11 is 6.11. The van der Waals surface area contributed by atoms with Crippen LogP contribution in [0, 0.1) is 11.3 Å². The van der Waals surface area contributed by atoms with Gasteiger partial charge in [0.05, 0.1) is 11.3 Å². The van der Waals surface area contributed by atoms with Crippen LogP contribution in [-0.2, 0) is 0 Å². The monoisotopic (exact) mass is 424 g/mol. The van der Waals surface area contributed by atoms with E-state index in [4.69, 9.17) is 21.1 Å². The second-order valence-electron chi connectivity index (χ2n) is 8.03. The van der Waals surface area contributed by atoms with Gasteiger partial charge in [-0.1, -0.05) is 17.7 Å². The summed E-state index contributed by atoms with van der Waals surface area (Å²) in [6.45, 7) is 7.01. The van der Waals surface area contributed by atoms with E-state index in [1.807, 2.05) is 24.3 Å². The van der Waals surface area contributed by atoms with E-state index in [1.165, 1.54) is 11.3 Å². The molecule has 0 aliphatic carbocycles. The number of nitrogens with zero attached hydrogens (tertiary/aromatic N) is 3. The van der Waals surface area contributed by atoms with Gasteiger partial charge in [-0.3, -0.25) is 4.90 Å². The van der Waals surface area contributed by atoms with Crippen LogP contribution < -0.4 is 19.7 Å². The van der Waals surface area contributed by atoms with Crippen molar-refractivity contribution in [2.45, 2.75) is 12.3 Å². The number of anilines is 2. The topological polar surface area (TPSA) is 60.8 Å². The highest BCUT2D eigenvalue weighted by Crippen LogP contribution is 2.42. The molecule has 2 aromatic carbocycles. The Labute approximate surface area is 181 Å². The SMILES string of the molecule is N#Cc1ccc(N2CCN(CCC3CNc4cc(Cl)ccc43)CC2)c2c1OCCO2. The highest BCUT2D eigenvalue weighted by molar-refractivity contribution is 6.30. The maximum Gasteiger partial charge on any atom is 0.186 e. The van der Waals surface area contributed by atoms with Crippen molar-refractivity contribution in [3.63, 3.8) is 0 Å². The highest BCUT2D eigenvalue weighted by Gasteiger charge is 2.27. The van der Waals surface area contributed by atoms with Gasteiger partial charge in [-0.15, -0.1) is 0 Å². The Bertz CT molecular complexity index is 982. The van der Waals surface area contributed by atoms with E-state index in [1.54, 1.807) is 0 Å². The molecule has 3 heterocycles. The van der Waals surface area contributed by atoms with E-state index in [9.17, 15) is 5.26 Å². The van der Waals surface area contributed by atoms with Crippen LogP contribution in [0.2, 0.25) is 5.02 Å². The van der Waals surface area contributed by atoms with Crippen molar-refractivity contribution in [1.82, 2.24) is 4.90 Å². The Balaban J connectivity index is 1.20. The lowest BCUT2D eigenvalue weighted by atomic mass is 9.97. The van der Waals surface area contributed by atoms with Crippen molar-refractivity contribution in [1.29, 1.82) is 5.26 Å². The maximum absolute atomic E-state index is 9.34. The van der Waals surface area contributed by atoms with Crippen molar-refractivity contribution in [3.05, 3.63) is 46.5 Å². The third-order valence-corrected chi connectivity index (χ3v) is 6.52. The van der Waals surface area contributed by atoms with E-state index in [0.717, 1.165) is 62.1 Å². The molecule has 0 amide bonds. The summed E-state index contributed by atoms with van der Waals surface area (Å²) in [5.41, 5.74) is 4.15. The molecule has 1 saturated heterocycles. The van der Waals surface area contributed by atoms with E-state index >= 15 is 0 Å². The molecule has 2 aromatic rings. The van der Waals surface area contributed by atoms with Crippen molar-refractivity contribution in [3.8, 4) is 17.6 Å². The predicted octanol–water partition coefficient (Wildman–Crippen LogP) is 3.70. The molecule has 30 heavy (non-hydrogen) atoms. The minimum Gasteiger partial charge on any atom is -0.485 e. The number of benzene rings is 2. The number of rotatable bonds is 4. The molecule has 1 fully saturated rings. The molecule has 0 spiro atoms. The Kier molecular flexibility index (Phi) is 5.32. The molecule has 0 radical (unpaired) electrons. The summed E-state index contributed by atoms with van der Waals surface area (Å²) in [6.07, 6.45) is 1.14. The average Bonchev–Trinajstić information content (AvgIpc) is 3.19. The van der Waals surface area contributed by atoms with Crippen LogP contribution in [0.1, 0.15) is 23.5 Å². The van der Waals surface area contributed by atoms with E-state index in [-0.39, 0.29) is 0 Å². The first-order valence-corrected chi connectivity index (χ1v) is 10.9. The van der Waals surface area contributed by atoms with Gasteiger partial charge in [0.25, 0.3) is 0 Å². The van der Waals surface area contributed by atoms with Gasteiger partial charge in [0.15, 0.2) is 11.5 Å². The zero-order valence-electron chi connectivity index (χ0n) is 16.9. The van der Waals surface area contributed by atoms with Crippen LogP contribution in [0.3, 0.4) is 0 Å². The average molecular weight is 425 g/mol. The molecule has 0 bridgehead atoms. The number of hydrogen-bond acceptors (Lipinski definition) is 6. The summed E-state index contributed by atoms with van der Waals surface area (Å²) in [4.78, 5) is 4.89. The Morgan fingerprint density at radius 1 is 1.07 bits per heavy atom. The fourth-order valence-corrected chi connectivity index (χ4v) is 4.82. The molecule has 1 N–H and O–H groups in total. The molecular weight excluding hydrogens is 400 g/mol. The molecule has 3 aliphatic rings. The number of nitrogens with one attached hydrogen (secondary N) is 1. The maximum atomic E-state index is 9.34. The van der Waals surface area contributed by atoms with Crippen LogP contribution in [0.5, 0.6) is 11.5 Å². The second-order valence-corrected chi connectivity index (χ2v) is 8.46. The van der Waals surface area contributed by atoms with Gasteiger partial charge in [0.2, 0.25) is 0 Å². The molecule has 6 nitrogen and oxygen atoms in total. The number of halogens is 1. The summed E-state index contributed by atoms with van der Waals surface area (Å²) in [5.74, 6) is 1.86. The fraction of sp³-hybridized carbons (Fsp3) is 0.435. The molecule has 1 atom stereocenters. The number of hydrogen-bond donors (Lipinski definition) is 1. The second kappa shape index (κ2) is 8.25. The Morgan fingerprint density at radius 2 is 1.87 bits per heavy atom. The molecule has 0 saturated carbocycles. The highest BCUT2D eigenvalue weighted by atomic mass is 35.5. The minimum absolute atomic E-state index is 0.490. The Morgan fingerprint density at radius 3 is 2.67 bits per heavy atom. The largest absolute Gasteiger partial charge is 0.485 e. The zero-order valence-corrected chi connectivity index (χ0v) is 17.6. The summed E-state index contributed by atoms with van der Waals surface area (Å²) in [6, 6.07) is 12.2. The third kappa shape index (κ3) is 3.64. The first kappa shape index (κ1) is 19.3. The molecule has 1 unspecified atom stereocenters. The number of nitriles is 1. The molecule has 3 aliphatic heterocycles. The molecule has 7 heteroatoms. The van der Waals surface area contributed by atoms with Gasteiger partial charge in [-0.2, -0.15) is 5.26 Å². The lowest BCUT2D eigenvalue weighted by Crippen LogP contribution is -2.47. The lowest BCUT2D eigenvalue weighted by molar-refractivity contribution is 0.171. The fourth-order valence-electron chi connectivity index (χ4n) is 4.65. The summed E-state index contributed by atoms with van der Waals surface area (Å²) < 4.78 is 11.6. The predicted molar refractivity (Wildman–Crippen MR) is 118 cm³/mol. The van der Waals surface area contributed by atoms with Gasteiger partial charge in [-0.05, 0) is 42.8 Å². The standard InChI is InChI=1S/C23H25ClN4O2/c24-18-2-3-19-17(15-26-20(19)13-18)5-6-27-7-9-28(10-8-27)21-4-1-16(14-25)22-23(21)30-12-11-29-22/h1-4,13,17,26H,5-12,15H2. The van der Waals surface area contributed by atoms with Gasteiger partial charge in [0.1, 0.15) is 19.3 Å². The lowest BCUT2D eigenvalue weighted by Gasteiger charge is -2.37. The van der Waals surface area contributed by atoms with Crippen molar-refractivity contribution in [2.75, 3.05) is 62.7 Å². The summed E-state index contributed by atoms with van der Waals surface area (Å²) in [5, 5.41) is 13.6. The van der Waals surface area contributed by atoms with Crippen LogP contribution in [0.15, 0.2) is 30.3 Å². The summed E-state index contributed by atoms with van der Waals surface area (Å²) in [7, 11) is 0. The number of fused-ring (bicyclic) bond motifs is 2. The van der Waals surface area contributed by atoms with E-state index in [2.05, 4.69) is 27.3 Å². The smallest absolute Gasteiger partial charge is 0.186 e.